The van der Waals surface area contributed by atoms with Crippen LogP contribution in [0.2, 0.25) is 0 Å². The van der Waals surface area contributed by atoms with Gasteiger partial charge in [-0.15, -0.1) is 0 Å². The topological polar surface area (TPSA) is 63.1 Å². The Morgan fingerprint density at radius 3 is 3.00 bits per heavy atom. The smallest absolute Gasteiger partial charge is 0.355 e. The Morgan fingerprint density at radius 1 is 1.73 bits per heavy atom. The van der Waals surface area contributed by atoms with Crippen LogP contribution in [0.15, 0.2) is 17.4 Å². The number of thioether (sulfide) groups is 1. The van der Waals surface area contributed by atoms with Gasteiger partial charge in [0.2, 0.25) is 0 Å². The van der Waals surface area contributed by atoms with Crippen molar-refractivity contribution in [2.24, 2.45) is 0 Å². The van der Waals surface area contributed by atoms with Gasteiger partial charge in [0, 0.05) is 17.1 Å². The van der Waals surface area contributed by atoms with Crippen LogP contribution in [-0.2, 0) is 0 Å². The summed E-state index contributed by atoms with van der Waals surface area (Å²) in [6.45, 7) is 0. The molecule has 1 aromatic heterocycles. The lowest BCUT2D eigenvalue weighted by molar-refractivity contribution is 0.0689. The van der Waals surface area contributed by atoms with E-state index in [1.807, 2.05) is 0 Å². The van der Waals surface area contributed by atoms with E-state index in [1.54, 1.807) is 18.4 Å². The number of hydrogen-bond acceptors (Lipinski definition) is 4. The van der Waals surface area contributed by atoms with Crippen molar-refractivity contribution in [2.75, 3.05) is 11.6 Å². The van der Waals surface area contributed by atoms with Gasteiger partial charge in [0.15, 0.2) is 10.9 Å². The van der Waals surface area contributed by atoms with Gasteiger partial charge in [-0.2, -0.15) is 0 Å². The van der Waals surface area contributed by atoms with Gasteiger partial charge in [-0.3, -0.25) is 0 Å². The van der Waals surface area contributed by atoms with Crippen LogP contribution in [-0.4, -0.2) is 32.6 Å². The molecule has 0 aliphatic heterocycles. The van der Waals surface area contributed by atoms with E-state index in [4.69, 9.17) is 5.11 Å². The summed E-state index contributed by atoms with van der Waals surface area (Å²) in [5, 5.41) is 10.1. The van der Waals surface area contributed by atoms with E-state index >= 15 is 0 Å². The number of carbonyl (C=O) groups is 1. The third-order valence-corrected chi connectivity index (χ3v) is 2.50. The number of carboxylic acids is 1. The highest BCUT2D eigenvalue weighted by Crippen LogP contribution is 2.13. The Balaban J connectivity index is 3.15. The lowest BCUT2D eigenvalue weighted by Crippen LogP contribution is -2.05. The van der Waals surface area contributed by atoms with E-state index in [0.717, 1.165) is 0 Å². The summed E-state index contributed by atoms with van der Waals surface area (Å²) in [6.07, 6.45) is 6.79. The molecular formula is C9H9BrN2O2S. The fourth-order valence-corrected chi connectivity index (χ4v) is 1.47. The summed E-state index contributed by atoms with van der Waals surface area (Å²) in [6, 6.07) is 0. The molecule has 0 radical (unpaired) electrons. The van der Waals surface area contributed by atoms with Crippen molar-refractivity contribution in [3.05, 3.63) is 23.5 Å². The van der Waals surface area contributed by atoms with Gasteiger partial charge in [-0.1, -0.05) is 39.8 Å². The fourth-order valence-electron chi connectivity index (χ4n) is 0.938. The minimum absolute atomic E-state index is 0.0338. The molecule has 0 aliphatic rings. The van der Waals surface area contributed by atoms with Crippen LogP contribution >= 0.6 is 27.7 Å². The predicted octanol–water partition coefficient (Wildman–Crippen LogP) is 2.30. The SMILES string of the molecule is CSc1ncc(C=CCBr)c(C(=O)O)n1. The number of nitrogens with zero attached hydrogens (tertiary/aromatic N) is 2. The zero-order chi connectivity index (χ0) is 11.3. The van der Waals surface area contributed by atoms with Gasteiger partial charge in [-0.25, -0.2) is 14.8 Å². The van der Waals surface area contributed by atoms with Crippen LogP contribution in [0.4, 0.5) is 0 Å². The molecule has 15 heavy (non-hydrogen) atoms. The van der Waals surface area contributed by atoms with Gasteiger partial charge < -0.3 is 5.11 Å². The number of halogens is 1. The van der Waals surface area contributed by atoms with Crippen molar-refractivity contribution in [3.8, 4) is 0 Å². The average molecular weight is 289 g/mol. The van der Waals surface area contributed by atoms with Gasteiger partial charge in [-0.05, 0) is 6.26 Å². The van der Waals surface area contributed by atoms with E-state index in [1.165, 1.54) is 18.0 Å². The lowest BCUT2D eigenvalue weighted by Gasteiger charge is -2.01. The molecule has 0 atom stereocenters. The first-order valence-corrected chi connectivity index (χ1v) is 6.40. The molecule has 0 fully saturated rings. The molecule has 1 N–H and O–H groups in total. The summed E-state index contributed by atoms with van der Waals surface area (Å²) in [4.78, 5) is 18.9. The highest BCUT2D eigenvalue weighted by molar-refractivity contribution is 9.09. The van der Waals surface area contributed by atoms with Crippen LogP contribution in [0, 0.1) is 0 Å². The zero-order valence-corrected chi connectivity index (χ0v) is 10.4. The van der Waals surface area contributed by atoms with Crippen LogP contribution in [0.5, 0.6) is 0 Å². The van der Waals surface area contributed by atoms with Gasteiger partial charge in [0.1, 0.15) is 0 Å². The van der Waals surface area contributed by atoms with Gasteiger partial charge in [0.05, 0.1) is 0 Å². The predicted molar refractivity (Wildman–Crippen MR) is 63.6 cm³/mol. The van der Waals surface area contributed by atoms with E-state index in [-0.39, 0.29) is 5.69 Å². The van der Waals surface area contributed by atoms with Crippen LogP contribution in [0.25, 0.3) is 6.08 Å². The summed E-state index contributed by atoms with van der Waals surface area (Å²) in [5.74, 6) is -1.04. The number of carboxylic acid groups (broad SMARTS) is 1. The molecule has 0 aliphatic carbocycles. The number of aromatic carboxylic acids is 1. The summed E-state index contributed by atoms with van der Waals surface area (Å²) in [5.41, 5.74) is 0.548. The van der Waals surface area contributed by atoms with E-state index in [0.29, 0.717) is 16.0 Å². The number of hydrogen-bond donors (Lipinski definition) is 1. The Kier molecular flexibility index (Phi) is 4.77. The summed E-state index contributed by atoms with van der Waals surface area (Å²) < 4.78 is 0. The molecule has 1 rings (SSSR count). The number of rotatable bonds is 4. The first-order valence-electron chi connectivity index (χ1n) is 4.06. The standard InChI is InChI=1S/C9H9BrN2O2S/c1-15-9-11-5-6(3-2-4-10)7(12-9)8(13)14/h2-3,5H,4H2,1H3,(H,13,14). The molecule has 1 heterocycles. The molecule has 0 aromatic carbocycles. The number of alkyl halides is 1. The molecule has 0 bridgehead atoms. The maximum atomic E-state index is 10.9. The quantitative estimate of drug-likeness (QED) is 0.523. The molecule has 80 valence electrons. The van der Waals surface area contributed by atoms with E-state index in [2.05, 4.69) is 25.9 Å². The first-order chi connectivity index (χ1) is 7.19. The van der Waals surface area contributed by atoms with Crippen molar-refractivity contribution >= 4 is 39.7 Å². The number of allylic oxidation sites excluding steroid dienone is 1. The van der Waals surface area contributed by atoms with Crippen molar-refractivity contribution in [3.63, 3.8) is 0 Å². The van der Waals surface area contributed by atoms with E-state index in [9.17, 15) is 4.79 Å². The van der Waals surface area contributed by atoms with E-state index < -0.39 is 5.97 Å². The fraction of sp³-hybridized carbons (Fsp3) is 0.222. The molecule has 1 aromatic rings. The highest BCUT2D eigenvalue weighted by atomic mass is 79.9. The van der Waals surface area contributed by atoms with Crippen molar-refractivity contribution in [1.29, 1.82) is 0 Å². The Labute approximate surface area is 100.0 Å². The second-order valence-electron chi connectivity index (χ2n) is 2.52. The van der Waals surface area contributed by atoms with Gasteiger partial charge in [0.25, 0.3) is 0 Å². The molecular weight excluding hydrogens is 280 g/mol. The average Bonchev–Trinajstić information content (AvgIpc) is 2.26. The maximum absolute atomic E-state index is 10.9. The van der Waals surface area contributed by atoms with Crippen LogP contribution in [0.1, 0.15) is 16.1 Å². The minimum Gasteiger partial charge on any atom is -0.476 e. The maximum Gasteiger partial charge on any atom is 0.355 e. The molecule has 6 heteroatoms. The molecule has 0 saturated carbocycles. The third-order valence-electron chi connectivity index (χ3n) is 1.57. The van der Waals surface area contributed by atoms with Crippen molar-refractivity contribution < 1.29 is 9.90 Å². The molecule has 0 unspecified atom stereocenters. The Morgan fingerprint density at radius 2 is 2.47 bits per heavy atom. The van der Waals surface area contributed by atoms with Crippen molar-refractivity contribution in [1.82, 2.24) is 9.97 Å². The summed E-state index contributed by atoms with van der Waals surface area (Å²) in [7, 11) is 0. The Bertz CT molecular complexity index is 396. The monoisotopic (exact) mass is 288 g/mol. The second kappa shape index (κ2) is 5.87. The molecule has 0 saturated heterocycles. The highest BCUT2D eigenvalue weighted by Gasteiger charge is 2.11. The van der Waals surface area contributed by atoms with Gasteiger partial charge >= 0.3 is 5.97 Å². The second-order valence-corrected chi connectivity index (χ2v) is 3.94. The molecule has 4 nitrogen and oxygen atoms in total. The van der Waals surface area contributed by atoms with Crippen LogP contribution < -0.4 is 0 Å². The van der Waals surface area contributed by atoms with Crippen molar-refractivity contribution in [2.45, 2.75) is 5.16 Å². The largest absolute Gasteiger partial charge is 0.476 e. The zero-order valence-electron chi connectivity index (χ0n) is 7.98. The molecule has 0 spiro atoms. The normalized spacial score (nSPS) is 10.8. The lowest BCUT2D eigenvalue weighted by atomic mass is 10.2. The minimum atomic E-state index is -1.04. The molecule has 0 amide bonds. The Hall–Kier alpha value is -0.880. The van der Waals surface area contributed by atoms with Crippen LogP contribution in [0.3, 0.4) is 0 Å². The number of aromatic nitrogens is 2. The third kappa shape index (κ3) is 3.32. The summed E-state index contributed by atoms with van der Waals surface area (Å²) >= 11 is 4.53. The first kappa shape index (κ1) is 12.2.